The maximum atomic E-state index is 13.0. The summed E-state index contributed by atoms with van der Waals surface area (Å²) in [6.07, 6.45) is 4.58. The summed E-state index contributed by atoms with van der Waals surface area (Å²) in [5.41, 5.74) is 1.57. The summed E-state index contributed by atoms with van der Waals surface area (Å²) < 4.78 is 3.17. The molecule has 0 saturated heterocycles. The number of pyridine rings is 1. The first-order valence-electron chi connectivity index (χ1n) is 9.87. The van der Waals surface area contributed by atoms with Gasteiger partial charge in [-0.05, 0) is 42.2 Å². The second-order valence-electron chi connectivity index (χ2n) is 6.99. The highest BCUT2D eigenvalue weighted by molar-refractivity contribution is 7.98. The highest BCUT2D eigenvalue weighted by Gasteiger charge is 2.22. The number of carbonyl (C=O) groups is 1. The molecule has 0 radical (unpaired) electrons. The molecule has 1 amide bonds. The first-order chi connectivity index (χ1) is 15.2. The highest BCUT2D eigenvalue weighted by Crippen LogP contribution is 2.18. The number of fused-ring (bicyclic) bond motifs is 1. The van der Waals surface area contributed by atoms with E-state index in [-0.39, 0.29) is 23.2 Å². The predicted molar refractivity (Wildman–Crippen MR) is 120 cm³/mol. The van der Waals surface area contributed by atoms with Crippen molar-refractivity contribution in [3.63, 3.8) is 0 Å². The van der Waals surface area contributed by atoms with Gasteiger partial charge in [-0.15, -0.1) is 10.2 Å². The van der Waals surface area contributed by atoms with E-state index in [2.05, 4.69) is 20.6 Å². The Morgan fingerprint density at radius 3 is 2.68 bits per heavy atom. The average Bonchev–Trinajstić information content (AvgIpc) is 3.23. The van der Waals surface area contributed by atoms with Crippen LogP contribution in [0.2, 0.25) is 0 Å². The second-order valence-corrected chi connectivity index (χ2v) is 7.98. The third-order valence-corrected chi connectivity index (χ3v) is 5.49. The quantitative estimate of drug-likeness (QED) is 0.458. The summed E-state index contributed by atoms with van der Waals surface area (Å²) in [4.78, 5) is 25.3. The third kappa shape index (κ3) is 4.83. The SMILES string of the molecule is CSCCC(NC(=O)c1ccc(=O)n(Cc2ccccc2)n1)c1nnc2ccccn12. The molecule has 8 nitrogen and oxygen atoms in total. The molecule has 0 saturated carbocycles. The van der Waals surface area contributed by atoms with Gasteiger partial charge in [-0.3, -0.25) is 14.0 Å². The van der Waals surface area contributed by atoms with E-state index in [1.807, 2.05) is 65.4 Å². The van der Waals surface area contributed by atoms with Gasteiger partial charge in [0.15, 0.2) is 11.5 Å². The lowest BCUT2D eigenvalue weighted by Gasteiger charge is -2.17. The minimum Gasteiger partial charge on any atom is -0.341 e. The van der Waals surface area contributed by atoms with Crippen molar-refractivity contribution in [1.82, 2.24) is 29.7 Å². The van der Waals surface area contributed by atoms with Gasteiger partial charge in [-0.25, -0.2) is 4.68 Å². The van der Waals surface area contributed by atoms with Crippen molar-refractivity contribution >= 4 is 23.3 Å². The topological polar surface area (TPSA) is 94.2 Å². The largest absolute Gasteiger partial charge is 0.341 e. The van der Waals surface area contributed by atoms with E-state index >= 15 is 0 Å². The van der Waals surface area contributed by atoms with Crippen molar-refractivity contribution in [2.75, 3.05) is 12.0 Å². The van der Waals surface area contributed by atoms with E-state index in [0.29, 0.717) is 18.8 Å². The second kappa shape index (κ2) is 9.57. The van der Waals surface area contributed by atoms with Gasteiger partial charge in [-0.2, -0.15) is 16.9 Å². The van der Waals surface area contributed by atoms with Crippen LogP contribution in [-0.4, -0.2) is 42.3 Å². The average molecular weight is 435 g/mol. The number of carbonyl (C=O) groups excluding carboxylic acids is 1. The molecule has 4 aromatic rings. The van der Waals surface area contributed by atoms with Gasteiger partial charge >= 0.3 is 0 Å². The first-order valence-corrected chi connectivity index (χ1v) is 11.3. The summed E-state index contributed by atoms with van der Waals surface area (Å²) in [5, 5.41) is 15.8. The molecule has 0 spiro atoms. The Hall–Kier alpha value is -3.46. The van der Waals surface area contributed by atoms with Crippen molar-refractivity contribution in [3.05, 3.63) is 94.3 Å². The number of benzene rings is 1. The molecule has 0 aliphatic carbocycles. The highest BCUT2D eigenvalue weighted by atomic mass is 32.2. The van der Waals surface area contributed by atoms with Crippen molar-refractivity contribution < 1.29 is 4.79 Å². The minimum absolute atomic E-state index is 0.179. The molecule has 1 unspecified atom stereocenters. The molecule has 0 aliphatic rings. The summed E-state index contributed by atoms with van der Waals surface area (Å²) in [6.45, 7) is 0.297. The van der Waals surface area contributed by atoms with E-state index in [1.165, 1.54) is 16.8 Å². The van der Waals surface area contributed by atoms with Crippen LogP contribution >= 0.6 is 11.8 Å². The molecule has 3 heterocycles. The fourth-order valence-electron chi connectivity index (χ4n) is 3.27. The number of aromatic nitrogens is 5. The van der Waals surface area contributed by atoms with Gasteiger partial charge in [-0.1, -0.05) is 36.4 Å². The van der Waals surface area contributed by atoms with Crippen molar-refractivity contribution in [2.24, 2.45) is 0 Å². The number of nitrogens with one attached hydrogen (secondary N) is 1. The number of nitrogens with zero attached hydrogens (tertiary/aromatic N) is 5. The van der Waals surface area contributed by atoms with Gasteiger partial charge in [0.1, 0.15) is 5.69 Å². The van der Waals surface area contributed by atoms with Crippen LogP contribution < -0.4 is 10.9 Å². The Bertz CT molecular complexity index is 1240. The molecule has 158 valence electrons. The zero-order chi connectivity index (χ0) is 21.6. The monoisotopic (exact) mass is 434 g/mol. The fraction of sp³-hybridized carbons (Fsp3) is 0.227. The fourth-order valence-corrected chi connectivity index (χ4v) is 3.74. The number of amides is 1. The molecule has 0 aliphatic heterocycles. The lowest BCUT2D eigenvalue weighted by molar-refractivity contribution is 0.0926. The molecule has 0 bridgehead atoms. The van der Waals surface area contributed by atoms with Crippen LogP contribution in [0.4, 0.5) is 0 Å². The first kappa shape index (κ1) is 20.8. The van der Waals surface area contributed by atoms with E-state index in [1.54, 1.807) is 11.8 Å². The molecule has 0 fully saturated rings. The van der Waals surface area contributed by atoms with E-state index in [0.717, 1.165) is 17.0 Å². The Labute approximate surface area is 183 Å². The lowest BCUT2D eigenvalue weighted by Crippen LogP contribution is -2.33. The predicted octanol–water partition coefficient (Wildman–Crippen LogP) is 2.56. The molecule has 3 aromatic heterocycles. The van der Waals surface area contributed by atoms with Gasteiger partial charge in [0.2, 0.25) is 0 Å². The smallest absolute Gasteiger partial charge is 0.272 e. The van der Waals surface area contributed by atoms with E-state index in [9.17, 15) is 9.59 Å². The van der Waals surface area contributed by atoms with Gasteiger partial charge in [0.05, 0.1) is 12.6 Å². The van der Waals surface area contributed by atoms with E-state index < -0.39 is 0 Å². The molecular formula is C22H22N6O2S. The van der Waals surface area contributed by atoms with Crippen LogP contribution in [0.25, 0.3) is 5.65 Å². The zero-order valence-corrected chi connectivity index (χ0v) is 17.8. The molecule has 9 heteroatoms. The van der Waals surface area contributed by atoms with Crippen LogP contribution in [-0.2, 0) is 6.54 Å². The Morgan fingerprint density at radius 1 is 1.06 bits per heavy atom. The molecular weight excluding hydrogens is 412 g/mol. The zero-order valence-electron chi connectivity index (χ0n) is 17.0. The van der Waals surface area contributed by atoms with Crippen molar-refractivity contribution in [2.45, 2.75) is 19.0 Å². The summed E-state index contributed by atoms with van der Waals surface area (Å²) in [7, 11) is 0. The molecule has 1 aromatic carbocycles. The standard InChI is InChI=1S/C22H22N6O2S/c1-31-14-12-17(21-25-24-19-9-5-6-13-27(19)21)23-22(30)18-10-11-20(29)28(26-18)15-16-7-3-2-4-8-16/h2-11,13,17H,12,14-15H2,1H3,(H,23,30). The van der Waals surface area contributed by atoms with Gasteiger partial charge < -0.3 is 5.32 Å². The third-order valence-electron chi connectivity index (χ3n) is 4.84. The summed E-state index contributed by atoms with van der Waals surface area (Å²) >= 11 is 1.69. The van der Waals surface area contributed by atoms with Gasteiger partial charge in [0, 0.05) is 12.3 Å². The molecule has 4 rings (SSSR count). The van der Waals surface area contributed by atoms with Crippen molar-refractivity contribution in [3.8, 4) is 0 Å². The van der Waals surface area contributed by atoms with Crippen LogP contribution in [0.15, 0.2) is 71.7 Å². The van der Waals surface area contributed by atoms with Gasteiger partial charge in [0.25, 0.3) is 11.5 Å². The number of thioether (sulfide) groups is 1. The van der Waals surface area contributed by atoms with Crippen LogP contribution in [0.1, 0.15) is 34.3 Å². The number of hydrogen-bond acceptors (Lipinski definition) is 6. The number of rotatable bonds is 8. The van der Waals surface area contributed by atoms with Crippen LogP contribution in [0.3, 0.4) is 0 Å². The molecule has 31 heavy (non-hydrogen) atoms. The normalized spacial score (nSPS) is 12.0. The van der Waals surface area contributed by atoms with E-state index in [4.69, 9.17) is 0 Å². The Kier molecular flexibility index (Phi) is 6.42. The minimum atomic E-state index is -0.361. The Balaban J connectivity index is 1.58. The summed E-state index contributed by atoms with van der Waals surface area (Å²) in [6, 6.07) is 17.7. The van der Waals surface area contributed by atoms with Crippen molar-refractivity contribution in [1.29, 1.82) is 0 Å². The maximum Gasteiger partial charge on any atom is 0.272 e. The Morgan fingerprint density at radius 2 is 1.87 bits per heavy atom. The van der Waals surface area contributed by atoms with Crippen LogP contribution in [0, 0.1) is 0 Å². The van der Waals surface area contributed by atoms with Crippen LogP contribution in [0.5, 0.6) is 0 Å². The number of hydrogen-bond donors (Lipinski definition) is 1. The molecule has 1 atom stereocenters. The maximum absolute atomic E-state index is 13.0. The lowest BCUT2D eigenvalue weighted by atomic mass is 10.2. The molecule has 1 N–H and O–H groups in total. The summed E-state index contributed by atoms with van der Waals surface area (Å²) in [5.74, 6) is 1.14.